The monoisotopic (exact) mass is 757 g/mol. The molecule has 0 aliphatic rings. The normalized spacial score (nSPS) is 11.5. The first kappa shape index (κ1) is 51.0. The van der Waals surface area contributed by atoms with E-state index in [1.54, 1.807) is 0 Å². The second kappa shape index (κ2) is 48.0. The molecule has 0 saturated heterocycles. The highest BCUT2D eigenvalue weighted by atomic mass is 16.6. The Kier molecular flexibility index (Phi) is 47.1. The standard InChI is InChI=1S/C38H76O14/c1-3-5-7-8-9-10-11-12-38(39)52-37-36-51-35-34-50-33-32-49-31-30-48-29-28-47-27-26-46-25-24-45-23-22-44-21-20-43-19-18-42-17-16-41-15-14-40-13-6-4-2/h3-37H2,1-2H3. The van der Waals surface area contributed by atoms with Crippen LogP contribution in [0.1, 0.15) is 78.1 Å². The molecule has 0 amide bonds. The topological polar surface area (TPSA) is 137 Å². The van der Waals surface area contributed by atoms with Crippen LogP contribution in [0.2, 0.25) is 0 Å². The molecule has 0 fully saturated rings. The smallest absolute Gasteiger partial charge is 0.305 e. The summed E-state index contributed by atoms with van der Waals surface area (Å²) >= 11 is 0. The lowest BCUT2D eigenvalue weighted by molar-refractivity contribution is -0.145. The van der Waals surface area contributed by atoms with E-state index in [-0.39, 0.29) is 12.6 Å². The molecule has 0 unspecified atom stereocenters. The van der Waals surface area contributed by atoms with E-state index in [4.69, 9.17) is 61.6 Å². The highest BCUT2D eigenvalue weighted by molar-refractivity contribution is 5.69. The summed E-state index contributed by atoms with van der Waals surface area (Å²) in [5.41, 5.74) is 0. The molecule has 14 heteroatoms. The van der Waals surface area contributed by atoms with Crippen molar-refractivity contribution in [1.82, 2.24) is 0 Å². The molecule has 312 valence electrons. The molecule has 0 saturated carbocycles. The van der Waals surface area contributed by atoms with E-state index >= 15 is 0 Å². The second-order valence-corrected chi connectivity index (χ2v) is 11.8. The minimum atomic E-state index is -0.141. The Labute approximate surface area is 315 Å². The van der Waals surface area contributed by atoms with Crippen LogP contribution < -0.4 is 0 Å². The number of rotatable bonds is 47. The molecule has 0 radical (unpaired) electrons. The van der Waals surface area contributed by atoms with Crippen LogP contribution in [-0.4, -0.2) is 171 Å². The van der Waals surface area contributed by atoms with E-state index in [0.717, 1.165) is 32.3 Å². The summed E-state index contributed by atoms with van der Waals surface area (Å²) in [7, 11) is 0. The summed E-state index contributed by atoms with van der Waals surface area (Å²) < 4.78 is 70.9. The number of ether oxygens (including phenoxy) is 13. The highest BCUT2D eigenvalue weighted by Gasteiger charge is 2.03. The van der Waals surface area contributed by atoms with E-state index in [1.807, 2.05) is 0 Å². The van der Waals surface area contributed by atoms with E-state index in [1.165, 1.54) is 32.1 Å². The number of esters is 1. The molecular weight excluding hydrogens is 680 g/mol. The molecule has 0 spiro atoms. The third-order valence-corrected chi connectivity index (χ3v) is 7.21. The van der Waals surface area contributed by atoms with Gasteiger partial charge in [-0.1, -0.05) is 58.8 Å². The molecule has 0 heterocycles. The summed E-state index contributed by atoms with van der Waals surface area (Å²) in [6, 6.07) is 0. The van der Waals surface area contributed by atoms with Crippen molar-refractivity contribution in [3.8, 4) is 0 Å². The SMILES string of the molecule is CCCCCCCCCC(=O)OCCOCCOCCOCCOCCOCCOCCOCCOCCOCCOCCOCCOCCCC. The summed E-state index contributed by atoms with van der Waals surface area (Å²) in [4.78, 5) is 11.7. The average molecular weight is 757 g/mol. The lowest BCUT2D eigenvalue weighted by Gasteiger charge is -2.09. The van der Waals surface area contributed by atoms with Crippen molar-refractivity contribution in [2.75, 3.05) is 165 Å². The number of carbonyl (C=O) groups excluding carboxylic acids is 1. The Hall–Kier alpha value is -1.01. The Morgan fingerprint density at radius 1 is 0.269 bits per heavy atom. The second-order valence-electron chi connectivity index (χ2n) is 11.8. The maximum Gasteiger partial charge on any atom is 0.305 e. The van der Waals surface area contributed by atoms with Gasteiger partial charge in [-0.3, -0.25) is 4.79 Å². The van der Waals surface area contributed by atoms with Gasteiger partial charge in [0.1, 0.15) is 6.61 Å². The van der Waals surface area contributed by atoms with Crippen LogP contribution >= 0.6 is 0 Å². The maximum absolute atomic E-state index is 11.7. The largest absolute Gasteiger partial charge is 0.463 e. The number of hydrogen-bond donors (Lipinski definition) is 0. The van der Waals surface area contributed by atoms with Gasteiger partial charge in [-0.15, -0.1) is 0 Å². The highest BCUT2D eigenvalue weighted by Crippen LogP contribution is 2.08. The van der Waals surface area contributed by atoms with Gasteiger partial charge in [-0.05, 0) is 12.8 Å². The zero-order valence-corrected chi connectivity index (χ0v) is 33.0. The number of hydrogen-bond acceptors (Lipinski definition) is 14. The summed E-state index contributed by atoms with van der Waals surface area (Å²) in [5.74, 6) is -0.141. The Bertz CT molecular complexity index is 661. The molecule has 52 heavy (non-hydrogen) atoms. The van der Waals surface area contributed by atoms with Gasteiger partial charge >= 0.3 is 5.97 Å². The molecule has 0 aromatic carbocycles. The van der Waals surface area contributed by atoms with Gasteiger partial charge in [0.2, 0.25) is 0 Å². The van der Waals surface area contributed by atoms with Crippen LogP contribution in [0.3, 0.4) is 0 Å². The van der Waals surface area contributed by atoms with Crippen molar-refractivity contribution in [2.24, 2.45) is 0 Å². The van der Waals surface area contributed by atoms with Gasteiger partial charge in [0.15, 0.2) is 0 Å². The van der Waals surface area contributed by atoms with E-state index < -0.39 is 0 Å². The lowest BCUT2D eigenvalue weighted by atomic mass is 10.1. The van der Waals surface area contributed by atoms with Crippen molar-refractivity contribution in [3.05, 3.63) is 0 Å². The molecule has 0 N–H and O–H groups in total. The first-order valence-electron chi connectivity index (χ1n) is 19.9. The van der Waals surface area contributed by atoms with Crippen molar-refractivity contribution in [1.29, 1.82) is 0 Å². The lowest BCUT2D eigenvalue weighted by Crippen LogP contribution is -2.15. The molecule has 0 aromatic heterocycles. The van der Waals surface area contributed by atoms with E-state index in [2.05, 4.69) is 13.8 Å². The average Bonchev–Trinajstić information content (AvgIpc) is 3.15. The van der Waals surface area contributed by atoms with E-state index in [9.17, 15) is 4.79 Å². The van der Waals surface area contributed by atoms with Crippen LogP contribution in [0, 0.1) is 0 Å². The zero-order valence-electron chi connectivity index (χ0n) is 33.0. The molecule has 0 aromatic rings. The summed E-state index contributed by atoms with van der Waals surface area (Å²) in [5, 5.41) is 0. The molecular formula is C38H76O14. The molecule has 0 atom stereocenters. The van der Waals surface area contributed by atoms with Crippen molar-refractivity contribution >= 4 is 5.97 Å². The van der Waals surface area contributed by atoms with Crippen molar-refractivity contribution in [2.45, 2.75) is 78.1 Å². The van der Waals surface area contributed by atoms with Gasteiger partial charge in [-0.2, -0.15) is 0 Å². The first-order valence-corrected chi connectivity index (χ1v) is 19.9. The van der Waals surface area contributed by atoms with Gasteiger partial charge in [-0.25, -0.2) is 0 Å². The Morgan fingerprint density at radius 2 is 0.500 bits per heavy atom. The maximum atomic E-state index is 11.7. The van der Waals surface area contributed by atoms with Crippen molar-refractivity contribution in [3.63, 3.8) is 0 Å². The zero-order chi connectivity index (χ0) is 37.5. The minimum Gasteiger partial charge on any atom is -0.463 e. The third-order valence-electron chi connectivity index (χ3n) is 7.21. The predicted octanol–water partition coefficient (Wildman–Crippen LogP) is 4.67. The fraction of sp³-hybridized carbons (Fsp3) is 0.974. The molecule has 0 rings (SSSR count). The Balaban J connectivity index is 3.09. The first-order chi connectivity index (χ1) is 25.8. The fourth-order valence-electron chi connectivity index (χ4n) is 4.28. The van der Waals surface area contributed by atoms with Gasteiger partial charge in [0, 0.05) is 13.0 Å². The molecule has 14 nitrogen and oxygen atoms in total. The van der Waals surface area contributed by atoms with Crippen molar-refractivity contribution < 1.29 is 66.4 Å². The number of carbonyl (C=O) groups is 1. The third kappa shape index (κ3) is 47.0. The quantitative estimate of drug-likeness (QED) is 0.0628. The summed E-state index contributed by atoms with van der Waals surface area (Å²) in [6.45, 7) is 17.2. The van der Waals surface area contributed by atoms with Crippen LogP contribution in [0.4, 0.5) is 0 Å². The van der Waals surface area contributed by atoms with Gasteiger partial charge in [0.05, 0.1) is 152 Å². The predicted molar refractivity (Wildman–Crippen MR) is 198 cm³/mol. The minimum absolute atomic E-state index is 0.141. The van der Waals surface area contributed by atoms with Crippen LogP contribution in [0.15, 0.2) is 0 Å². The fourth-order valence-corrected chi connectivity index (χ4v) is 4.28. The molecule has 0 aliphatic carbocycles. The Morgan fingerprint density at radius 3 is 0.788 bits per heavy atom. The number of unbranched alkanes of at least 4 members (excludes halogenated alkanes) is 7. The molecule has 0 aliphatic heterocycles. The van der Waals surface area contributed by atoms with Crippen LogP contribution in [0.5, 0.6) is 0 Å². The van der Waals surface area contributed by atoms with Gasteiger partial charge < -0.3 is 61.6 Å². The van der Waals surface area contributed by atoms with Gasteiger partial charge in [0.25, 0.3) is 0 Å². The van der Waals surface area contributed by atoms with E-state index in [0.29, 0.717) is 158 Å². The summed E-state index contributed by atoms with van der Waals surface area (Å²) in [6.07, 6.45) is 11.0. The van der Waals surface area contributed by atoms with Crippen LogP contribution in [-0.2, 0) is 66.4 Å². The van der Waals surface area contributed by atoms with Crippen LogP contribution in [0.25, 0.3) is 0 Å². The molecule has 0 bridgehead atoms.